The van der Waals surface area contributed by atoms with Crippen molar-refractivity contribution in [3.8, 4) is 0 Å². The van der Waals surface area contributed by atoms with Crippen LogP contribution in [0.3, 0.4) is 0 Å². The molecule has 1 fully saturated rings. The molecule has 58 heavy (non-hydrogen) atoms. The van der Waals surface area contributed by atoms with E-state index in [2.05, 4.69) is 47.7 Å². The van der Waals surface area contributed by atoms with Crippen LogP contribution < -0.4 is 5.32 Å². The maximum Gasteiger partial charge on any atom is 0.397 e. The van der Waals surface area contributed by atoms with E-state index in [4.69, 9.17) is 9.47 Å². The summed E-state index contributed by atoms with van der Waals surface area (Å²) in [6, 6.07) is -0.860. The van der Waals surface area contributed by atoms with E-state index in [1.807, 2.05) is 0 Å². The monoisotopic (exact) mass is 848 g/mol. The highest BCUT2D eigenvalue weighted by atomic mass is 32.3. The molecule has 1 aliphatic heterocycles. The first kappa shape index (κ1) is 54.6. The minimum absolute atomic E-state index is 0.238. The number of aliphatic hydroxyl groups excluding tert-OH is 4. The standard InChI is InChI=1S/C45H85NO11S/c1-3-5-7-9-11-13-15-17-19-20-21-23-25-27-29-31-33-35-41(49)46-38(37-55-45-43(51)44(57-58(52,53)54)42(50)40(36-47)56-45)39(48)34-32-30-28-26-24-22-18-16-14-12-10-8-6-4-2/h11,13,17,19,38-40,42-45,47-48,50-51H,3-10,12,14-16,18,20-37H2,1-2H3,(H,46,49)(H,52,53,54)/b13-11-,19-17-. The second kappa shape index (κ2) is 36.3. The lowest BCUT2D eigenvalue weighted by Gasteiger charge is -2.41. The second-order valence-electron chi connectivity index (χ2n) is 16.3. The first-order valence-electron chi connectivity index (χ1n) is 23.2. The lowest BCUT2D eigenvalue weighted by Crippen LogP contribution is -2.61. The van der Waals surface area contributed by atoms with Crippen LogP contribution in [0.4, 0.5) is 0 Å². The van der Waals surface area contributed by atoms with Crippen LogP contribution in [-0.2, 0) is 28.9 Å². The Morgan fingerprint density at radius 3 is 1.67 bits per heavy atom. The van der Waals surface area contributed by atoms with Gasteiger partial charge in [0, 0.05) is 6.42 Å². The normalized spacial score (nSPS) is 21.3. The third kappa shape index (κ3) is 28.9. The minimum Gasteiger partial charge on any atom is -0.394 e. The molecule has 0 spiro atoms. The molecular formula is C45H85NO11S. The van der Waals surface area contributed by atoms with Gasteiger partial charge in [0.05, 0.1) is 25.4 Å². The van der Waals surface area contributed by atoms with Crippen LogP contribution in [0.2, 0.25) is 0 Å². The van der Waals surface area contributed by atoms with Crippen LogP contribution in [0, 0.1) is 0 Å². The highest BCUT2D eigenvalue weighted by Crippen LogP contribution is 2.26. The number of nitrogens with one attached hydrogen (secondary N) is 1. The summed E-state index contributed by atoms with van der Waals surface area (Å²) < 4.78 is 47.6. The maximum absolute atomic E-state index is 13.0. The molecule has 0 bridgehead atoms. The van der Waals surface area contributed by atoms with Gasteiger partial charge in [0.2, 0.25) is 5.91 Å². The van der Waals surface area contributed by atoms with Crippen molar-refractivity contribution in [3.63, 3.8) is 0 Å². The van der Waals surface area contributed by atoms with Crippen LogP contribution in [0.5, 0.6) is 0 Å². The topological polar surface area (TPSA) is 192 Å². The molecule has 6 N–H and O–H groups in total. The van der Waals surface area contributed by atoms with Crippen molar-refractivity contribution >= 4 is 16.3 Å². The molecule has 0 aromatic carbocycles. The Bertz CT molecular complexity index is 1140. The number of amides is 1. The Morgan fingerprint density at radius 1 is 0.690 bits per heavy atom. The van der Waals surface area contributed by atoms with Gasteiger partial charge in [0.15, 0.2) is 6.29 Å². The lowest BCUT2D eigenvalue weighted by molar-refractivity contribution is -0.298. The zero-order valence-corrected chi connectivity index (χ0v) is 37.2. The van der Waals surface area contributed by atoms with Crippen LogP contribution in [0.15, 0.2) is 24.3 Å². The van der Waals surface area contributed by atoms with E-state index in [0.717, 1.165) is 57.8 Å². The van der Waals surface area contributed by atoms with E-state index in [9.17, 15) is 38.2 Å². The average molecular weight is 848 g/mol. The summed E-state index contributed by atoms with van der Waals surface area (Å²) in [4.78, 5) is 13.0. The predicted octanol–water partition coefficient (Wildman–Crippen LogP) is 8.94. The van der Waals surface area contributed by atoms with E-state index in [1.165, 1.54) is 109 Å². The summed E-state index contributed by atoms with van der Waals surface area (Å²) in [5.41, 5.74) is 0. The van der Waals surface area contributed by atoms with Crippen molar-refractivity contribution in [3.05, 3.63) is 24.3 Å². The van der Waals surface area contributed by atoms with Crippen LogP contribution in [0.1, 0.15) is 200 Å². The van der Waals surface area contributed by atoms with Crippen molar-refractivity contribution in [1.82, 2.24) is 5.32 Å². The number of carbonyl (C=O) groups is 1. The highest BCUT2D eigenvalue weighted by molar-refractivity contribution is 7.80. The van der Waals surface area contributed by atoms with Gasteiger partial charge in [-0.05, 0) is 44.9 Å². The molecule has 13 heteroatoms. The van der Waals surface area contributed by atoms with Gasteiger partial charge >= 0.3 is 10.4 Å². The molecule has 0 aromatic heterocycles. The Morgan fingerprint density at radius 2 is 1.16 bits per heavy atom. The second-order valence-corrected chi connectivity index (χ2v) is 17.4. The average Bonchev–Trinajstić information content (AvgIpc) is 3.19. The van der Waals surface area contributed by atoms with Crippen molar-refractivity contribution in [2.45, 2.75) is 243 Å². The molecule has 7 atom stereocenters. The number of hydrogen-bond donors (Lipinski definition) is 6. The molecule has 1 rings (SSSR count). The van der Waals surface area contributed by atoms with Gasteiger partial charge in [0.25, 0.3) is 0 Å². The molecule has 12 nitrogen and oxygen atoms in total. The van der Waals surface area contributed by atoms with E-state index in [-0.39, 0.29) is 18.9 Å². The fourth-order valence-electron chi connectivity index (χ4n) is 7.37. The molecule has 0 saturated carbocycles. The molecule has 1 aliphatic rings. The van der Waals surface area contributed by atoms with Crippen molar-refractivity contribution in [1.29, 1.82) is 0 Å². The van der Waals surface area contributed by atoms with Gasteiger partial charge in [-0.1, -0.05) is 173 Å². The first-order chi connectivity index (χ1) is 28.0. The molecule has 0 radical (unpaired) electrons. The quantitative estimate of drug-likeness (QED) is 0.0197. The zero-order chi connectivity index (χ0) is 42.7. The summed E-state index contributed by atoms with van der Waals surface area (Å²) in [6.45, 7) is 3.41. The maximum atomic E-state index is 13.0. The summed E-state index contributed by atoms with van der Waals surface area (Å²) in [7, 11) is -5.08. The van der Waals surface area contributed by atoms with Crippen molar-refractivity contribution in [2.24, 2.45) is 0 Å². The number of ether oxygens (including phenoxy) is 2. The summed E-state index contributed by atoms with van der Waals surface area (Å²) in [5.74, 6) is -0.238. The van der Waals surface area contributed by atoms with Gasteiger partial charge in [0.1, 0.15) is 24.4 Å². The molecule has 1 amide bonds. The number of hydrogen-bond acceptors (Lipinski definition) is 10. The van der Waals surface area contributed by atoms with Gasteiger partial charge in [-0.25, -0.2) is 4.18 Å². The van der Waals surface area contributed by atoms with Crippen molar-refractivity contribution in [2.75, 3.05) is 13.2 Å². The molecule has 1 heterocycles. The minimum atomic E-state index is -5.08. The van der Waals surface area contributed by atoms with Gasteiger partial charge < -0.3 is 35.2 Å². The van der Waals surface area contributed by atoms with E-state index >= 15 is 0 Å². The summed E-state index contributed by atoms with van der Waals surface area (Å²) in [6.07, 6.45) is 31.7. The predicted molar refractivity (Wildman–Crippen MR) is 232 cm³/mol. The van der Waals surface area contributed by atoms with Crippen molar-refractivity contribution < 1.29 is 51.8 Å². The molecule has 342 valence electrons. The van der Waals surface area contributed by atoms with Crippen LogP contribution in [0.25, 0.3) is 0 Å². The fourth-order valence-corrected chi connectivity index (χ4v) is 7.88. The number of aliphatic hydroxyl groups is 4. The number of rotatable bonds is 39. The Hall–Kier alpha value is -1.42. The highest BCUT2D eigenvalue weighted by Gasteiger charge is 2.48. The van der Waals surface area contributed by atoms with E-state index < -0.39 is 59.9 Å². The smallest absolute Gasteiger partial charge is 0.394 e. The zero-order valence-electron chi connectivity index (χ0n) is 36.4. The fraction of sp³-hybridized carbons (Fsp3) is 0.889. The number of allylic oxidation sites excluding steroid dienone is 4. The summed E-state index contributed by atoms with van der Waals surface area (Å²) in [5, 5.41) is 44.8. The van der Waals surface area contributed by atoms with Gasteiger partial charge in [-0.15, -0.1) is 0 Å². The molecule has 1 saturated heterocycles. The van der Waals surface area contributed by atoms with Crippen LogP contribution >= 0.6 is 0 Å². The molecule has 0 aromatic rings. The molecule has 0 aliphatic carbocycles. The van der Waals surface area contributed by atoms with E-state index in [1.54, 1.807) is 0 Å². The SMILES string of the molecule is CCCCC/C=C\C/C=C\CCCCCCCCCC(=O)NC(COC1OC(CO)C(O)C(OS(=O)(=O)O)C1O)C(O)CCCCCCCCCCCCCCCC. The van der Waals surface area contributed by atoms with E-state index in [0.29, 0.717) is 12.8 Å². The largest absolute Gasteiger partial charge is 0.397 e. The first-order valence-corrected chi connectivity index (χ1v) is 24.6. The number of unbranched alkanes of at least 4 members (excludes halogenated alkanes) is 23. The Kier molecular flexibility index (Phi) is 34.1. The molecular weight excluding hydrogens is 763 g/mol. The molecule has 7 unspecified atom stereocenters. The Balaban J connectivity index is 2.50. The van der Waals surface area contributed by atoms with Crippen LogP contribution in [-0.4, -0.2) is 95.4 Å². The van der Waals surface area contributed by atoms with Gasteiger partial charge in [-0.2, -0.15) is 8.42 Å². The lowest BCUT2D eigenvalue weighted by atomic mass is 9.99. The van der Waals surface area contributed by atoms with Gasteiger partial charge in [-0.3, -0.25) is 9.35 Å². The Labute approximate surface area is 352 Å². The third-order valence-corrected chi connectivity index (χ3v) is 11.5. The summed E-state index contributed by atoms with van der Waals surface area (Å²) >= 11 is 0. The third-order valence-electron chi connectivity index (χ3n) is 11.0. The number of carbonyl (C=O) groups excluding carboxylic acids is 1.